The van der Waals surface area contributed by atoms with Crippen LogP contribution in [0.4, 0.5) is 10.5 Å². The third-order valence-corrected chi connectivity index (χ3v) is 6.01. The van der Waals surface area contributed by atoms with Gasteiger partial charge in [0.05, 0.1) is 11.4 Å². The van der Waals surface area contributed by atoms with E-state index in [1.165, 1.54) is 0 Å². The molecule has 1 fully saturated rings. The van der Waals surface area contributed by atoms with Crippen LogP contribution in [0.2, 0.25) is 5.02 Å². The van der Waals surface area contributed by atoms with Gasteiger partial charge < -0.3 is 14.8 Å². The average molecular weight is 509 g/mol. The number of nitrogens with one attached hydrogen (secondary N) is 1. The van der Waals surface area contributed by atoms with Gasteiger partial charge in [-0.3, -0.25) is 19.3 Å². The summed E-state index contributed by atoms with van der Waals surface area (Å²) in [5.41, 5.74) is 1.36. The molecule has 0 bridgehead atoms. The summed E-state index contributed by atoms with van der Waals surface area (Å²) >= 11 is 6.72. The summed E-state index contributed by atoms with van der Waals surface area (Å²) in [6.45, 7) is 0.133. The Morgan fingerprint density at radius 1 is 0.943 bits per heavy atom. The second-order valence-corrected chi connectivity index (χ2v) is 8.84. The zero-order chi connectivity index (χ0) is 24.6. The van der Waals surface area contributed by atoms with Crippen LogP contribution >= 0.6 is 23.4 Å². The standard InChI is InChI=1S/C26H21ClN2O5S/c27-19-9-11-21(12-10-19)33-14-13-29-25(31)23(35-26(29)32)16-18-5-4-8-22(15-18)34-17-24(30)28-20-6-2-1-3-7-20/h1-12,15-16H,13-14,17H2,(H,28,30)/b23-16-. The minimum absolute atomic E-state index is 0.129. The maximum Gasteiger partial charge on any atom is 0.293 e. The number of halogens is 1. The van der Waals surface area contributed by atoms with Gasteiger partial charge in [0.1, 0.15) is 18.1 Å². The zero-order valence-electron chi connectivity index (χ0n) is 18.5. The molecule has 0 spiro atoms. The summed E-state index contributed by atoms with van der Waals surface area (Å²) in [5, 5.41) is 2.99. The van der Waals surface area contributed by atoms with Crippen molar-refractivity contribution in [1.29, 1.82) is 0 Å². The maximum atomic E-state index is 12.7. The predicted octanol–water partition coefficient (Wildman–Crippen LogP) is 5.47. The van der Waals surface area contributed by atoms with Crippen molar-refractivity contribution >= 4 is 52.2 Å². The Hall–Kier alpha value is -3.75. The van der Waals surface area contributed by atoms with E-state index < -0.39 is 0 Å². The molecular formula is C26H21ClN2O5S. The number of carbonyl (C=O) groups is 3. The van der Waals surface area contributed by atoms with E-state index in [0.717, 1.165) is 16.7 Å². The number of hydrogen-bond acceptors (Lipinski definition) is 6. The molecule has 9 heteroatoms. The average Bonchev–Trinajstić information content (AvgIpc) is 3.12. The molecule has 0 aliphatic carbocycles. The number of hydrogen-bond donors (Lipinski definition) is 1. The molecule has 1 aliphatic rings. The van der Waals surface area contributed by atoms with Crippen LogP contribution < -0.4 is 14.8 Å². The summed E-state index contributed by atoms with van der Waals surface area (Å²) in [7, 11) is 0. The van der Waals surface area contributed by atoms with Gasteiger partial charge in [0, 0.05) is 10.7 Å². The normalized spacial score (nSPS) is 14.3. The van der Waals surface area contributed by atoms with Gasteiger partial charge in [-0.15, -0.1) is 0 Å². The first-order valence-corrected chi connectivity index (χ1v) is 11.9. The summed E-state index contributed by atoms with van der Waals surface area (Å²) in [6.07, 6.45) is 1.63. The van der Waals surface area contributed by atoms with Crippen molar-refractivity contribution in [3.8, 4) is 11.5 Å². The topological polar surface area (TPSA) is 84.9 Å². The Morgan fingerprint density at radius 3 is 2.49 bits per heavy atom. The monoisotopic (exact) mass is 508 g/mol. The van der Waals surface area contributed by atoms with Crippen LogP contribution in [0.3, 0.4) is 0 Å². The highest BCUT2D eigenvalue weighted by atomic mass is 35.5. The van der Waals surface area contributed by atoms with Gasteiger partial charge in [-0.2, -0.15) is 0 Å². The van der Waals surface area contributed by atoms with Crippen molar-refractivity contribution in [2.75, 3.05) is 25.1 Å². The molecule has 1 heterocycles. The lowest BCUT2D eigenvalue weighted by Gasteiger charge is -2.13. The summed E-state index contributed by atoms with van der Waals surface area (Å²) in [5.74, 6) is 0.403. The quantitative estimate of drug-likeness (QED) is 0.386. The molecule has 1 N–H and O–H groups in total. The van der Waals surface area contributed by atoms with Gasteiger partial charge in [-0.05, 0) is 71.9 Å². The van der Waals surface area contributed by atoms with E-state index in [9.17, 15) is 14.4 Å². The number of ether oxygens (including phenoxy) is 2. The first-order valence-electron chi connectivity index (χ1n) is 10.7. The van der Waals surface area contributed by atoms with Crippen LogP contribution in [-0.4, -0.2) is 41.7 Å². The first kappa shape index (κ1) is 24.4. The predicted molar refractivity (Wildman–Crippen MR) is 137 cm³/mol. The Balaban J connectivity index is 1.32. The lowest BCUT2D eigenvalue weighted by Crippen LogP contribution is -2.32. The smallest absolute Gasteiger partial charge is 0.293 e. The Kier molecular flexibility index (Phi) is 8.07. The Bertz CT molecular complexity index is 1250. The number of anilines is 1. The molecule has 7 nitrogen and oxygen atoms in total. The molecule has 3 aromatic rings. The van der Waals surface area contributed by atoms with E-state index in [1.54, 1.807) is 66.7 Å². The molecule has 0 unspecified atom stereocenters. The summed E-state index contributed by atoms with van der Waals surface area (Å²) < 4.78 is 11.2. The number of carbonyl (C=O) groups excluding carboxylic acids is 3. The zero-order valence-corrected chi connectivity index (χ0v) is 20.1. The lowest BCUT2D eigenvalue weighted by molar-refractivity contribution is -0.123. The third kappa shape index (κ3) is 6.88. The van der Waals surface area contributed by atoms with Crippen LogP contribution in [0.25, 0.3) is 6.08 Å². The van der Waals surface area contributed by atoms with Crippen LogP contribution in [0, 0.1) is 0 Å². The van der Waals surface area contributed by atoms with Gasteiger partial charge in [-0.25, -0.2) is 0 Å². The van der Waals surface area contributed by atoms with Crippen molar-refractivity contribution in [3.63, 3.8) is 0 Å². The highest BCUT2D eigenvalue weighted by Crippen LogP contribution is 2.32. The molecule has 3 amide bonds. The van der Waals surface area contributed by atoms with E-state index in [-0.39, 0.29) is 36.8 Å². The Labute approximate surface area is 211 Å². The maximum absolute atomic E-state index is 12.7. The van der Waals surface area contributed by atoms with Crippen molar-refractivity contribution in [2.45, 2.75) is 0 Å². The van der Waals surface area contributed by atoms with E-state index in [0.29, 0.717) is 32.7 Å². The van der Waals surface area contributed by atoms with E-state index >= 15 is 0 Å². The fourth-order valence-corrected chi connectivity index (χ4v) is 4.18. The summed E-state index contributed by atoms with van der Waals surface area (Å²) in [4.78, 5) is 38.7. The number of para-hydroxylation sites is 1. The SMILES string of the molecule is O=C(COc1cccc(/C=C2\SC(=O)N(CCOc3ccc(Cl)cc3)C2=O)c1)Nc1ccccc1. The molecule has 178 valence electrons. The van der Waals surface area contributed by atoms with E-state index in [1.807, 2.05) is 18.2 Å². The van der Waals surface area contributed by atoms with Gasteiger partial charge >= 0.3 is 0 Å². The number of nitrogens with zero attached hydrogens (tertiary/aromatic N) is 1. The molecule has 1 saturated heterocycles. The fraction of sp³-hybridized carbons (Fsp3) is 0.115. The highest BCUT2D eigenvalue weighted by molar-refractivity contribution is 8.18. The molecule has 1 aliphatic heterocycles. The van der Waals surface area contributed by atoms with Crippen molar-refractivity contribution in [2.24, 2.45) is 0 Å². The van der Waals surface area contributed by atoms with Gasteiger partial charge in [0.2, 0.25) is 0 Å². The van der Waals surface area contributed by atoms with Crippen LogP contribution in [-0.2, 0) is 9.59 Å². The Morgan fingerprint density at radius 2 is 1.71 bits per heavy atom. The molecule has 0 radical (unpaired) electrons. The third-order valence-electron chi connectivity index (χ3n) is 4.85. The van der Waals surface area contributed by atoms with Gasteiger partial charge in [-0.1, -0.05) is 41.9 Å². The number of benzene rings is 3. The van der Waals surface area contributed by atoms with E-state index in [4.69, 9.17) is 21.1 Å². The first-order chi connectivity index (χ1) is 17.0. The van der Waals surface area contributed by atoms with Crippen molar-refractivity contribution in [3.05, 3.63) is 94.4 Å². The highest BCUT2D eigenvalue weighted by Gasteiger charge is 2.34. The molecule has 4 rings (SSSR count). The largest absolute Gasteiger partial charge is 0.492 e. The second kappa shape index (κ2) is 11.6. The van der Waals surface area contributed by atoms with Gasteiger partial charge in [0.15, 0.2) is 6.61 Å². The number of imide groups is 1. The molecule has 3 aromatic carbocycles. The minimum Gasteiger partial charge on any atom is -0.492 e. The van der Waals surface area contributed by atoms with Crippen LogP contribution in [0.5, 0.6) is 11.5 Å². The van der Waals surface area contributed by atoms with Crippen molar-refractivity contribution in [1.82, 2.24) is 4.90 Å². The number of rotatable bonds is 9. The molecule has 35 heavy (non-hydrogen) atoms. The molecular weight excluding hydrogens is 488 g/mol. The number of thioether (sulfide) groups is 1. The second-order valence-electron chi connectivity index (χ2n) is 7.41. The number of amides is 3. The molecule has 0 saturated carbocycles. The minimum atomic E-state index is -0.381. The fourth-order valence-electron chi connectivity index (χ4n) is 3.19. The summed E-state index contributed by atoms with van der Waals surface area (Å²) in [6, 6.07) is 22.9. The van der Waals surface area contributed by atoms with Crippen molar-refractivity contribution < 1.29 is 23.9 Å². The van der Waals surface area contributed by atoms with E-state index in [2.05, 4.69) is 5.32 Å². The lowest BCUT2D eigenvalue weighted by atomic mass is 10.2. The van der Waals surface area contributed by atoms with Gasteiger partial charge in [0.25, 0.3) is 17.1 Å². The molecule has 0 atom stereocenters. The molecule has 0 aromatic heterocycles. The van der Waals surface area contributed by atoms with Crippen LogP contribution in [0.15, 0.2) is 83.8 Å². The van der Waals surface area contributed by atoms with Crippen LogP contribution in [0.1, 0.15) is 5.56 Å².